The van der Waals surface area contributed by atoms with Crippen molar-refractivity contribution >= 4 is 41.2 Å². The second-order valence-corrected chi connectivity index (χ2v) is 7.89. The minimum absolute atomic E-state index is 0.117. The first-order chi connectivity index (χ1) is 14.9. The number of amides is 2. The monoisotopic (exact) mass is 463 g/mol. The van der Waals surface area contributed by atoms with Gasteiger partial charge in [-0.15, -0.1) is 0 Å². The molecule has 31 heavy (non-hydrogen) atoms. The predicted molar refractivity (Wildman–Crippen MR) is 120 cm³/mol. The Kier molecular flexibility index (Phi) is 7.76. The van der Waals surface area contributed by atoms with Gasteiger partial charge >= 0.3 is 0 Å². The SMILES string of the molecule is COc1cc(OC)cc(C(=O)N2CCC(C(=O)NN=Cc3ccc(Cl)c(Cl)c3)CC2)c1. The summed E-state index contributed by atoms with van der Waals surface area (Å²) in [6.45, 7) is 0.958. The summed E-state index contributed by atoms with van der Waals surface area (Å²) in [5.74, 6) is 0.601. The van der Waals surface area contributed by atoms with Crippen molar-refractivity contribution in [1.29, 1.82) is 0 Å². The molecule has 0 atom stereocenters. The van der Waals surface area contributed by atoms with Gasteiger partial charge in [0.15, 0.2) is 0 Å². The summed E-state index contributed by atoms with van der Waals surface area (Å²) in [6, 6.07) is 10.2. The molecule has 0 saturated carbocycles. The van der Waals surface area contributed by atoms with Crippen molar-refractivity contribution in [1.82, 2.24) is 10.3 Å². The Morgan fingerprint density at radius 1 is 1.03 bits per heavy atom. The van der Waals surface area contributed by atoms with Gasteiger partial charge in [-0.05, 0) is 42.7 Å². The van der Waals surface area contributed by atoms with E-state index in [4.69, 9.17) is 32.7 Å². The van der Waals surface area contributed by atoms with Crippen LogP contribution in [0.3, 0.4) is 0 Å². The molecule has 0 aromatic heterocycles. The lowest BCUT2D eigenvalue weighted by molar-refractivity contribution is -0.126. The molecule has 3 rings (SSSR count). The summed E-state index contributed by atoms with van der Waals surface area (Å²) in [7, 11) is 3.08. The summed E-state index contributed by atoms with van der Waals surface area (Å²) in [5, 5.41) is 4.87. The lowest BCUT2D eigenvalue weighted by Gasteiger charge is -2.31. The lowest BCUT2D eigenvalue weighted by atomic mass is 9.95. The van der Waals surface area contributed by atoms with Crippen molar-refractivity contribution in [3.05, 3.63) is 57.6 Å². The van der Waals surface area contributed by atoms with Crippen LogP contribution in [0.1, 0.15) is 28.8 Å². The van der Waals surface area contributed by atoms with Gasteiger partial charge in [0.05, 0.1) is 30.5 Å². The summed E-state index contributed by atoms with van der Waals surface area (Å²) in [4.78, 5) is 27.0. The zero-order valence-electron chi connectivity index (χ0n) is 17.2. The fourth-order valence-corrected chi connectivity index (χ4v) is 3.62. The van der Waals surface area contributed by atoms with Crippen LogP contribution in [-0.4, -0.2) is 50.2 Å². The highest BCUT2D eigenvalue weighted by Crippen LogP contribution is 2.25. The van der Waals surface area contributed by atoms with Gasteiger partial charge in [0.1, 0.15) is 11.5 Å². The van der Waals surface area contributed by atoms with Crippen LogP contribution < -0.4 is 14.9 Å². The first-order valence-electron chi connectivity index (χ1n) is 9.71. The molecular weight excluding hydrogens is 441 g/mol. The minimum atomic E-state index is -0.213. The molecule has 2 aromatic rings. The Hall–Kier alpha value is -2.77. The van der Waals surface area contributed by atoms with Crippen LogP contribution in [0.5, 0.6) is 11.5 Å². The molecule has 9 heteroatoms. The zero-order valence-corrected chi connectivity index (χ0v) is 18.7. The van der Waals surface area contributed by atoms with E-state index in [1.807, 2.05) is 0 Å². The number of ether oxygens (including phenoxy) is 2. The maximum atomic E-state index is 12.9. The van der Waals surface area contributed by atoms with E-state index in [2.05, 4.69) is 10.5 Å². The standard InChI is InChI=1S/C22H23Cl2N3O4/c1-30-17-10-16(11-18(12-17)31-2)22(29)27-7-5-15(6-8-27)21(28)26-25-13-14-3-4-19(23)20(24)9-14/h3-4,9-13,15H,5-8H2,1-2H3,(H,26,28). The van der Waals surface area contributed by atoms with Gasteiger partial charge in [0, 0.05) is 30.6 Å². The number of piperidine rings is 1. The number of likely N-dealkylation sites (tertiary alicyclic amines) is 1. The Morgan fingerprint density at radius 3 is 2.26 bits per heavy atom. The molecule has 2 amide bonds. The third-order valence-corrected chi connectivity index (χ3v) is 5.82. The largest absolute Gasteiger partial charge is 0.497 e. The van der Waals surface area contributed by atoms with Crippen LogP contribution >= 0.6 is 23.2 Å². The van der Waals surface area contributed by atoms with Crippen molar-refractivity contribution in [2.75, 3.05) is 27.3 Å². The summed E-state index contributed by atoms with van der Waals surface area (Å²) >= 11 is 11.9. The number of halogens is 2. The fraction of sp³-hybridized carbons (Fsp3) is 0.318. The normalized spacial score (nSPS) is 14.5. The van der Waals surface area contributed by atoms with Crippen LogP contribution in [0, 0.1) is 5.92 Å². The Labute approximate surface area is 190 Å². The third-order valence-electron chi connectivity index (χ3n) is 5.08. The van der Waals surface area contributed by atoms with Gasteiger partial charge in [-0.25, -0.2) is 5.43 Å². The predicted octanol–water partition coefficient (Wildman–Crippen LogP) is 4.01. The third kappa shape index (κ3) is 5.89. The molecule has 1 fully saturated rings. The topological polar surface area (TPSA) is 80.2 Å². The molecule has 1 heterocycles. The van der Waals surface area contributed by atoms with Gasteiger partial charge in [-0.3, -0.25) is 9.59 Å². The highest BCUT2D eigenvalue weighted by molar-refractivity contribution is 6.42. The van der Waals surface area contributed by atoms with E-state index < -0.39 is 0 Å². The molecule has 0 radical (unpaired) electrons. The number of hydrazone groups is 1. The van der Waals surface area contributed by atoms with Gasteiger partial charge in [-0.1, -0.05) is 29.3 Å². The van der Waals surface area contributed by atoms with Gasteiger partial charge in [-0.2, -0.15) is 5.10 Å². The molecule has 0 spiro atoms. The molecule has 1 saturated heterocycles. The average Bonchev–Trinajstić information content (AvgIpc) is 2.80. The second-order valence-electron chi connectivity index (χ2n) is 7.08. The Bertz CT molecular complexity index is 966. The summed E-state index contributed by atoms with van der Waals surface area (Å²) < 4.78 is 10.5. The summed E-state index contributed by atoms with van der Waals surface area (Å²) in [5.41, 5.74) is 3.78. The van der Waals surface area contributed by atoms with Crippen molar-refractivity contribution in [3.63, 3.8) is 0 Å². The van der Waals surface area contributed by atoms with Crippen LogP contribution in [-0.2, 0) is 4.79 Å². The van der Waals surface area contributed by atoms with Gasteiger partial charge in [0.25, 0.3) is 5.91 Å². The Balaban J connectivity index is 1.54. The van der Waals surface area contributed by atoms with Crippen LogP contribution in [0.15, 0.2) is 41.5 Å². The van der Waals surface area contributed by atoms with Crippen LogP contribution in [0.4, 0.5) is 0 Å². The molecular formula is C22H23Cl2N3O4. The van der Waals surface area contributed by atoms with E-state index in [9.17, 15) is 9.59 Å². The molecule has 2 aromatic carbocycles. The fourth-order valence-electron chi connectivity index (χ4n) is 3.31. The smallest absolute Gasteiger partial charge is 0.254 e. The van der Waals surface area contributed by atoms with Crippen LogP contribution in [0.2, 0.25) is 10.0 Å². The maximum absolute atomic E-state index is 12.9. The zero-order chi connectivity index (χ0) is 22.4. The van der Waals surface area contributed by atoms with Crippen molar-refractivity contribution in [2.45, 2.75) is 12.8 Å². The van der Waals surface area contributed by atoms with Crippen molar-refractivity contribution < 1.29 is 19.1 Å². The van der Waals surface area contributed by atoms with E-state index in [1.54, 1.807) is 41.3 Å². The van der Waals surface area contributed by atoms with E-state index in [0.29, 0.717) is 53.0 Å². The quantitative estimate of drug-likeness (QED) is 0.518. The second kappa shape index (κ2) is 10.5. The van der Waals surface area contributed by atoms with E-state index in [0.717, 1.165) is 5.56 Å². The number of rotatable bonds is 6. The number of nitrogens with one attached hydrogen (secondary N) is 1. The highest BCUT2D eigenvalue weighted by atomic mass is 35.5. The first-order valence-corrected chi connectivity index (χ1v) is 10.5. The number of hydrogen-bond donors (Lipinski definition) is 1. The van der Waals surface area contributed by atoms with Crippen molar-refractivity contribution in [3.8, 4) is 11.5 Å². The molecule has 7 nitrogen and oxygen atoms in total. The van der Waals surface area contributed by atoms with Crippen LogP contribution in [0.25, 0.3) is 0 Å². The number of nitrogens with zero attached hydrogens (tertiary/aromatic N) is 2. The minimum Gasteiger partial charge on any atom is -0.497 e. The maximum Gasteiger partial charge on any atom is 0.254 e. The van der Waals surface area contributed by atoms with E-state index >= 15 is 0 Å². The van der Waals surface area contributed by atoms with E-state index in [-0.39, 0.29) is 17.7 Å². The molecule has 1 N–H and O–H groups in total. The number of hydrogen-bond acceptors (Lipinski definition) is 5. The highest BCUT2D eigenvalue weighted by Gasteiger charge is 2.28. The molecule has 0 unspecified atom stereocenters. The molecule has 1 aliphatic rings. The number of carbonyl (C=O) groups excluding carboxylic acids is 2. The molecule has 0 aliphatic carbocycles. The lowest BCUT2D eigenvalue weighted by Crippen LogP contribution is -2.42. The molecule has 1 aliphatic heterocycles. The number of carbonyl (C=O) groups is 2. The average molecular weight is 464 g/mol. The first kappa shape index (κ1) is 22.9. The van der Waals surface area contributed by atoms with Gasteiger partial charge < -0.3 is 14.4 Å². The van der Waals surface area contributed by atoms with Crippen molar-refractivity contribution in [2.24, 2.45) is 11.0 Å². The van der Waals surface area contributed by atoms with E-state index in [1.165, 1.54) is 20.4 Å². The number of methoxy groups -OCH3 is 2. The Morgan fingerprint density at radius 2 is 1.68 bits per heavy atom. The molecule has 0 bridgehead atoms. The summed E-state index contributed by atoms with van der Waals surface area (Å²) in [6.07, 6.45) is 2.62. The number of benzene rings is 2. The van der Waals surface area contributed by atoms with Gasteiger partial charge in [0.2, 0.25) is 5.91 Å². The molecule has 164 valence electrons.